The van der Waals surface area contributed by atoms with E-state index in [1.807, 2.05) is 12.1 Å². The first-order valence-electron chi connectivity index (χ1n) is 6.10. The van der Waals surface area contributed by atoms with Crippen molar-refractivity contribution in [3.8, 4) is 5.75 Å². The van der Waals surface area contributed by atoms with Crippen molar-refractivity contribution < 1.29 is 4.74 Å². The van der Waals surface area contributed by atoms with Crippen molar-refractivity contribution >= 4 is 6.08 Å². The zero-order chi connectivity index (χ0) is 11.2. The highest BCUT2D eigenvalue weighted by atomic mass is 16.5. The molecular formula is C15H19O. The third kappa shape index (κ3) is 2.88. The molecule has 0 bridgehead atoms. The maximum Gasteiger partial charge on any atom is 0.127 e. The molecule has 0 fully saturated rings. The smallest absolute Gasteiger partial charge is 0.127 e. The van der Waals surface area contributed by atoms with Gasteiger partial charge in [0.2, 0.25) is 0 Å². The maximum absolute atomic E-state index is 5.71. The van der Waals surface area contributed by atoms with Crippen LogP contribution in [0.1, 0.15) is 37.7 Å². The molecule has 0 unspecified atom stereocenters. The Balaban J connectivity index is 1.91. The molecule has 1 radical (unpaired) electrons. The lowest BCUT2D eigenvalue weighted by molar-refractivity contribution is 0.341. The second-order valence-electron chi connectivity index (χ2n) is 4.29. The molecule has 1 aliphatic heterocycles. The quantitative estimate of drug-likeness (QED) is 0.667. The van der Waals surface area contributed by atoms with Gasteiger partial charge in [-0.05, 0) is 30.6 Å². The van der Waals surface area contributed by atoms with E-state index in [1.165, 1.54) is 30.4 Å². The molecule has 1 aliphatic rings. The molecule has 1 heteroatoms. The summed E-state index contributed by atoms with van der Waals surface area (Å²) in [4.78, 5) is 0. The Morgan fingerprint density at radius 2 is 2.00 bits per heavy atom. The summed E-state index contributed by atoms with van der Waals surface area (Å²) >= 11 is 0. The fourth-order valence-corrected chi connectivity index (χ4v) is 2.01. The fraction of sp³-hybridized carbons (Fsp3) is 0.400. The van der Waals surface area contributed by atoms with E-state index in [0.29, 0.717) is 0 Å². The molecule has 1 nitrogen and oxygen atoms in total. The Morgan fingerprint density at radius 1 is 1.12 bits per heavy atom. The number of hydrogen-bond acceptors (Lipinski definition) is 1. The van der Waals surface area contributed by atoms with Crippen LogP contribution in [-0.4, -0.2) is 6.61 Å². The molecule has 1 aromatic rings. The Labute approximate surface area is 98.1 Å². The molecule has 0 saturated carbocycles. The first-order chi connectivity index (χ1) is 7.90. The lowest BCUT2D eigenvalue weighted by atomic mass is 10.0. The lowest BCUT2D eigenvalue weighted by Crippen LogP contribution is -2.07. The average Bonchev–Trinajstić information content (AvgIpc) is 2.34. The van der Waals surface area contributed by atoms with Crippen LogP contribution in [0.15, 0.2) is 29.8 Å². The van der Waals surface area contributed by atoms with Crippen LogP contribution in [0.2, 0.25) is 0 Å². The van der Waals surface area contributed by atoms with Crippen molar-refractivity contribution in [1.82, 2.24) is 0 Å². The summed E-state index contributed by atoms with van der Waals surface area (Å²) in [6.07, 6.45) is 8.27. The predicted molar refractivity (Wildman–Crippen MR) is 68.4 cm³/mol. The molecular weight excluding hydrogens is 196 g/mol. The van der Waals surface area contributed by atoms with E-state index in [9.17, 15) is 0 Å². The summed E-state index contributed by atoms with van der Waals surface area (Å²) in [6, 6.07) is 8.23. The van der Waals surface area contributed by atoms with Crippen molar-refractivity contribution in [2.45, 2.75) is 32.1 Å². The van der Waals surface area contributed by atoms with Crippen LogP contribution in [0.3, 0.4) is 0 Å². The number of para-hydroxylation sites is 1. The van der Waals surface area contributed by atoms with Crippen molar-refractivity contribution in [3.05, 3.63) is 42.3 Å². The van der Waals surface area contributed by atoms with Crippen LogP contribution in [-0.2, 0) is 0 Å². The van der Waals surface area contributed by atoms with E-state index in [2.05, 4.69) is 25.1 Å². The van der Waals surface area contributed by atoms with Crippen molar-refractivity contribution in [1.29, 1.82) is 0 Å². The molecule has 2 rings (SSSR count). The number of rotatable bonds is 5. The molecule has 0 aromatic heterocycles. The van der Waals surface area contributed by atoms with Gasteiger partial charge in [0, 0.05) is 5.56 Å². The molecule has 0 spiro atoms. The third-order valence-corrected chi connectivity index (χ3v) is 2.94. The van der Waals surface area contributed by atoms with Crippen molar-refractivity contribution in [2.75, 3.05) is 6.61 Å². The summed E-state index contributed by atoms with van der Waals surface area (Å²) in [5.74, 6) is 1.02. The predicted octanol–water partition coefficient (Wildman–Crippen LogP) is 4.25. The number of unbranched alkanes of at least 4 members (excludes halogenated alkanes) is 3. The molecule has 16 heavy (non-hydrogen) atoms. The normalized spacial score (nSPS) is 13.9. The van der Waals surface area contributed by atoms with Gasteiger partial charge in [-0.2, -0.15) is 0 Å². The Hall–Kier alpha value is -1.24. The van der Waals surface area contributed by atoms with Crippen molar-refractivity contribution in [3.63, 3.8) is 0 Å². The number of ether oxygens (including phenoxy) is 1. The van der Waals surface area contributed by atoms with Gasteiger partial charge < -0.3 is 4.74 Å². The van der Waals surface area contributed by atoms with Crippen LogP contribution in [0.4, 0.5) is 0 Å². The molecule has 0 aliphatic carbocycles. The minimum Gasteiger partial charge on any atom is -0.489 e. The second-order valence-corrected chi connectivity index (χ2v) is 4.29. The zero-order valence-electron chi connectivity index (χ0n) is 9.74. The van der Waals surface area contributed by atoms with Crippen molar-refractivity contribution in [2.24, 2.45) is 0 Å². The van der Waals surface area contributed by atoms with Gasteiger partial charge in [0.15, 0.2) is 0 Å². The van der Waals surface area contributed by atoms with Crippen LogP contribution in [0, 0.1) is 6.92 Å². The van der Waals surface area contributed by atoms with Crippen LogP contribution < -0.4 is 4.74 Å². The van der Waals surface area contributed by atoms with Gasteiger partial charge in [-0.1, -0.05) is 44.4 Å². The van der Waals surface area contributed by atoms with Crippen LogP contribution in [0.5, 0.6) is 5.75 Å². The summed E-state index contributed by atoms with van der Waals surface area (Å²) in [6.45, 7) is 4.63. The summed E-state index contributed by atoms with van der Waals surface area (Å²) < 4.78 is 5.71. The van der Waals surface area contributed by atoms with E-state index in [1.54, 1.807) is 0 Å². The Kier molecular flexibility index (Phi) is 4.03. The first-order valence-corrected chi connectivity index (χ1v) is 6.10. The SMILES string of the molecule is [CH2]CCCCCC1=Cc2ccccc2OC1. The summed E-state index contributed by atoms with van der Waals surface area (Å²) in [7, 11) is 0. The van der Waals surface area contributed by atoms with E-state index in [-0.39, 0.29) is 0 Å². The summed E-state index contributed by atoms with van der Waals surface area (Å²) in [5.41, 5.74) is 2.64. The van der Waals surface area contributed by atoms with E-state index in [4.69, 9.17) is 4.74 Å². The van der Waals surface area contributed by atoms with Gasteiger partial charge in [-0.15, -0.1) is 0 Å². The number of benzene rings is 1. The standard InChI is InChI=1S/C15H19O/c1-2-3-4-5-8-13-11-14-9-6-7-10-15(14)16-12-13/h6-7,9-11H,1-5,8,12H2. The highest BCUT2D eigenvalue weighted by Crippen LogP contribution is 2.27. The molecule has 0 amide bonds. The average molecular weight is 215 g/mol. The number of hydrogen-bond donors (Lipinski definition) is 0. The van der Waals surface area contributed by atoms with E-state index in [0.717, 1.165) is 25.2 Å². The lowest BCUT2D eigenvalue weighted by Gasteiger charge is -2.17. The zero-order valence-corrected chi connectivity index (χ0v) is 9.74. The fourth-order valence-electron chi connectivity index (χ4n) is 2.01. The van der Waals surface area contributed by atoms with E-state index >= 15 is 0 Å². The van der Waals surface area contributed by atoms with Gasteiger partial charge in [0.05, 0.1) is 0 Å². The largest absolute Gasteiger partial charge is 0.489 e. The van der Waals surface area contributed by atoms with Gasteiger partial charge in [0.1, 0.15) is 12.4 Å². The summed E-state index contributed by atoms with van der Waals surface area (Å²) in [5, 5.41) is 0. The Morgan fingerprint density at radius 3 is 2.88 bits per heavy atom. The van der Waals surface area contributed by atoms with Gasteiger partial charge in [-0.25, -0.2) is 0 Å². The minimum atomic E-state index is 0.765. The van der Waals surface area contributed by atoms with Gasteiger partial charge >= 0.3 is 0 Å². The molecule has 0 atom stereocenters. The molecule has 85 valence electrons. The third-order valence-electron chi connectivity index (χ3n) is 2.94. The molecule has 1 aromatic carbocycles. The second kappa shape index (κ2) is 5.74. The number of fused-ring (bicyclic) bond motifs is 1. The molecule has 0 N–H and O–H groups in total. The minimum absolute atomic E-state index is 0.765. The highest BCUT2D eigenvalue weighted by molar-refractivity contribution is 5.61. The molecule has 1 heterocycles. The topological polar surface area (TPSA) is 9.23 Å². The van der Waals surface area contributed by atoms with Gasteiger partial charge in [0.25, 0.3) is 0 Å². The van der Waals surface area contributed by atoms with E-state index < -0.39 is 0 Å². The van der Waals surface area contributed by atoms with Gasteiger partial charge in [-0.3, -0.25) is 0 Å². The van der Waals surface area contributed by atoms with Crippen LogP contribution in [0.25, 0.3) is 6.08 Å². The Bertz CT molecular complexity index is 365. The first kappa shape index (κ1) is 11.3. The monoisotopic (exact) mass is 215 g/mol. The maximum atomic E-state index is 5.71. The highest BCUT2D eigenvalue weighted by Gasteiger charge is 2.09. The van der Waals surface area contributed by atoms with Crippen LogP contribution >= 0.6 is 0 Å². The molecule has 0 saturated heterocycles.